The zero-order valence-electron chi connectivity index (χ0n) is 9.51. The molecule has 0 spiro atoms. The van der Waals surface area contributed by atoms with Gasteiger partial charge in [0.25, 0.3) is 0 Å². The lowest BCUT2D eigenvalue weighted by molar-refractivity contribution is 0.788. The van der Waals surface area contributed by atoms with E-state index in [4.69, 9.17) is 0 Å². The van der Waals surface area contributed by atoms with Gasteiger partial charge < -0.3 is 0 Å². The average molecular weight is 188 g/mol. The fourth-order valence-electron chi connectivity index (χ4n) is 1.56. The summed E-state index contributed by atoms with van der Waals surface area (Å²) in [4.78, 5) is 0. The molecule has 0 aliphatic rings. The van der Waals surface area contributed by atoms with E-state index < -0.39 is 0 Å². The van der Waals surface area contributed by atoms with Crippen LogP contribution in [-0.2, 0) is 0 Å². The minimum Gasteiger partial charge on any atom is -0.0698 e. The maximum atomic E-state index is 2.25. The quantitative estimate of drug-likeness (QED) is 0.644. The molecule has 1 aromatic rings. The zero-order valence-corrected chi connectivity index (χ0v) is 9.51. The lowest BCUT2D eigenvalue weighted by atomic mass is 9.99. The van der Waals surface area contributed by atoms with Crippen LogP contribution in [0.2, 0.25) is 0 Å². The Morgan fingerprint density at radius 1 is 1.07 bits per heavy atom. The Hall–Kier alpha value is -1.04. The molecular weight excluding hydrogens is 168 g/mol. The van der Waals surface area contributed by atoms with Gasteiger partial charge in [0.2, 0.25) is 0 Å². The summed E-state index contributed by atoms with van der Waals surface area (Å²) in [7, 11) is 0. The molecule has 0 aliphatic heterocycles. The summed E-state index contributed by atoms with van der Waals surface area (Å²) in [6.45, 7) is 6.71. The van der Waals surface area contributed by atoms with Crippen molar-refractivity contribution in [2.75, 3.05) is 0 Å². The third-order valence-electron chi connectivity index (χ3n) is 2.75. The molecule has 0 heteroatoms. The van der Waals surface area contributed by atoms with Gasteiger partial charge in [-0.1, -0.05) is 49.2 Å². The van der Waals surface area contributed by atoms with Gasteiger partial charge in [-0.2, -0.15) is 0 Å². The first-order valence-electron chi connectivity index (χ1n) is 5.47. The van der Waals surface area contributed by atoms with E-state index in [0.717, 1.165) is 0 Å². The topological polar surface area (TPSA) is 0 Å². The van der Waals surface area contributed by atoms with E-state index in [-0.39, 0.29) is 0 Å². The molecule has 0 atom stereocenters. The van der Waals surface area contributed by atoms with Crippen molar-refractivity contribution < 1.29 is 0 Å². The molecule has 0 radical (unpaired) electrons. The van der Waals surface area contributed by atoms with Crippen LogP contribution in [0.25, 0.3) is 5.57 Å². The summed E-state index contributed by atoms with van der Waals surface area (Å²) in [5, 5.41) is 0. The number of allylic oxidation sites excluding steroid dienone is 2. The van der Waals surface area contributed by atoms with E-state index in [9.17, 15) is 0 Å². The van der Waals surface area contributed by atoms with Gasteiger partial charge in [-0.05, 0) is 37.8 Å². The van der Waals surface area contributed by atoms with Crippen LogP contribution in [0.3, 0.4) is 0 Å². The van der Waals surface area contributed by atoms with Gasteiger partial charge in [0.05, 0.1) is 0 Å². The molecule has 0 amide bonds. The standard InChI is InChI=1S/C14H20/c1-4-5-9-12(2)13(3)14-10-7-6-8-11-14/h6-8,10-11H,4-5,9H2,1-3H3/b13-12+. The molecule has 0 aromatic heterocycles. The molecule has 0 saturated heterocycles. The molecular formula is C14H20. The largest absolute Gasteiger partial charge is 0.0698 e. The second kappa shape index (κ2) is 5.64. The van der Waals surface area contributed by atoms with E-state index in [0.29, 0.717) is 0 Å². The predicted molar refractivity (Wildman–Crippen MR) is 64.2 cm³/mol. The van der Waals surface area contributed by atoms with Crippen LogP contribution >= 0.6 is 0 Å². The van der Waals surface area contributed by atoms with Gasteiger partial charge in [-0.15, -0.1) is 0 Å². The number of benzene rings is 1. The molecule has 76 valence electrons. The summed E-state index contributed by atoms with van der Waals surface area (Å²) >= 11 is 0. The Bertz CT molecular complexity index is 293. The van der Waals surface area contributed by atoms with Gasteiger partial charge in [-0.25, -0.2) is 0 Å². The number of hydrogen-bond donors (Lipinski definition) is 0. The molecule has 1 rings (SSSR count). The molecule has 0 aliphatic carbocycles. The zero-order chi connectivity index (χ0) is 10.4. The summed E-state index contributed by atoms with van der Waals surface area (Å²) < 4.78 is 0. The molecule has 0 N–H and O–H groups in total. The lowest BCUT2D eigenvalue weighted by Crippen LogP contribution is -1.85. The van der Waals surface area contributed by atoms with Crippen LogP contribution in [0.1, 0.15) is 45.6 Å². The first-order chi connectivity index (χ1) is 6.75. The Morgan fingerprint density at radius 2 is 1.71 bits per heavy atom. The van der Waals surface area contributed by atoms with E-state index in [2.05, 4.69) is 51.1 Å². The van der Waals surface area contributed by atoms with Gasteiger partial charge in [0.1, 0.15) is 0 Å². The highest BCUT2D eigenvalue weighted by Crippen LogP contribution is 2.20. The van der Waals surface area contributed by atoms with E-state index in [1.807, 2.05) is 0 Å². The summed E-state index contributed by atoms with van der Waals surface area (Å²) in [5.41, 5.74) is 4.33. The van der Waals surface area contributed by atoms with Crippen LogP contribution in [0.5, 0.6) is 0 Å². The van der Waals surface area contributed by atoms with E-state index in [1.165, 1.54) is 36.0 Å². The highest BCUT2D eigenvalue weighted by Gasteiger charge is 1.98. The van der Waals surface area contributed by atoms with Crippen LogP contribution in [0.15, 0.2) is 35.9 Å². The molecule has 0 unspecified atom stereocenters. The van der Waals surface area contributed by atoms with Gasteiger partial charge in [0, 0.05) is 0 Å². The Morgan fingerprint density at radius 3 is 2.29 bits per heavy atom. The first-order valence-corrected chi connectivity index (χ1v) is 5.47. The monoisotopic (exact) mass is 188 g/mol. The van der Waals surface area contributed by atoms with Crippen molar-refractivity contribution in [3.05, 3.63) is 41.5 Å². The normalized spacial score (nSPS) is 12.5. The molecule has 14 heavy (non-hydrogen) atoms. The number of hydrogen-bond acceptors (Lipinski definition) is 0. The molecule has 0 fully saturated rings. The van der Waals surface area contributed by atoms with Crippen molar-refractivity contribution in [1.29, 1.82) is 0 Å². The Balaban J connectivity index is 2.77. The Kier molecular flexibility index (Phi) is 4.45. The second-order valence-electron chi connectivity index (χ2n) is 3.87. The fraction of sp³-hybridized carbons (Fsp3) is 0.429. The van der Waals surface area contributed by atoms with Crippen LogP contribution in [-0.4, -0.2) is 0 Å². The van der Waals surface area contributed by atoms with E-state index in [1.54, 1.807) is 0 Å². The van der Waals surface area contributed by atoms with Crippen molar-refractivity contribution in [2.24, 2.45) is 0 Å². The van der Waals surface area contributed by atoms with Crippen molar-refractivity contribution in [1.82, 2.24) is 0 Å². The Labute approximate surface area is 87.7 Å². The second-order valence-corrected chi connectivity index (χ2v) is 3.87. The minimum absolute atomic E-state index is 1.23. The van der Waals surface area contributed by atoms with Crippen molar-refractivity contribution in [3.63, 3.8) is 0 Å². The maximum absolute atomic E-state index is 2.25. The van der Waals surface area contributed by atoms with Crippen LogP contribution in [0, 0.1) is 0 Å². The van der Waals surface area contributed by atoms with Crippen LogP contribution in [0.4, 0.5) is 0 Å². The van der Waals surface area contributed by atoms with Gasteiger partial charge in [-0.3, -0.25) is 0 Å². The highest BCUT2D eigenvalue weighted by molar-refractivity contribution is 5.66. The fourth-order valence-corrected chi connectivity index (χ4v) is 1.56. The summed E-state index contributed by atoms with van der Waals surface area (Å²) in [6.07, 6.45) is 3.81. The maximum Gasteiger partial charge on any atom is -0.0228 e. The predicted octanol–water partition coefficient (Wildman–Crippen LogP) is 4.67. The highest BCUT2D eigenvalue weighted by atomic mass is 14.0. The third kappa shape index (κ3) is 3.02. The van der Waals surface area contributed by atoms with Gasteiger partial charge >= 0.3 is 0 Å². The number of rotatable bonds is 4. The van der Waals surface area contributed by atoms with Gasteiger partial charge in [0.15, 0.2) is 0 Å². The first kappa shape index (κ1) is 11.0. The molecule has 0 bridgehead atoms. The molecule has 1 aromatic carbocycles. The van der Waals surface area contributed by atoms with E-state index >= 15 is 0 Å². The molecule has 0 heterocycles. The number of unbranched alkanes of at least 4 members (excludes halogenated alkanes) is 1. The molecule has 0 saturated carbocycles. The average Bonchev–Trinajstić information content (AvgIpc) is 2.26. The summed E-state index contributed by atoms with van der Waals surface area (Å²) in [6, 6.07) is 10.6. The molecule has 0 nitrogen and oxygen atoms in total. The van der Waals surface area contributed by atoms with Crippen molar-refractivity contribution >= 4 is 5.57 Å². The SMILES string of the molecule is CCCC/C(C)=C(\C)c1ccccc1. The van der Waals surface area contributed by atoms with Crippen molar-refractivity contribution in [2.45, 2.75) is 40.0 Å². The minimum atomic E-state index is 1.23. The lowest BCUT2D eigenvalue weighted by Gasteiger charge is -2.07. The van der Waals surface area contributed by atoms with Crippen molar-refractivity contribution in [3.8, 4) is 0 Å². The van der Waals surface area contributed by atoms with Crippen LogP contribution < -0.4 is 0 Å². The third-order valence-corrected chi connectivity index (χ3v) is 2.75. The smallest absolute Gasteiger partial charge is 0.0228 e. The summed E-state index contributed by atoms with van der Waals surface area (Å²) in [5.74, 6) is 0.